The molecule has 1 saturated heterocycles. The van der Waals surface area contributed by atoms with Crippen molar-refractivity contribution in [2.24, 2.45) is 0 Å². The fourth-order valence-electron chi connectivity index (χ4n) is 4.36. The van der Waals surface area contributed by atoms with Crippen molar-refractivity contribution in [3.8, 4) is 11.1 Å². The Kier molecular flexibility index (Phi) is 5.99. The number of carbonyl (C=O) groups is 1. The topological polar surface area (TPSA) is 73.4 Å². The smallest absolute Gasteiger partial charge is 0.227 e. The maximum absolute atomic E-state index is 11.6. The van der Waals surface area contributed by atoms with Crippen molar-refractivity contribution in [2.75, 3.05) is 48.8 Å². The third kappa shape index (κ3) is 4.50. The molecule has 7 nitrogen and oxygen atoms in total. The number of hydrogen-bond donors (Lipinski definition) is 2. The maximum atomic E-state index is 11.6. The second-order valence-electron chi connectivity index (χ2n) is 8.43. The average molecular weight is 453 g/mol. The van der Waals surface area contributed by atoms with Crippen LogP contribution < -0.4 is 15.5 Å². The van der Waals surface area contributed by atoms with Gasteiger partial charge in [0.1, 0.15) is 0 Å². The molecule has 0 atom stereocenters. The largest absolute Gasteiger partial charge is 0.388 e. The highest BCUT2D eigenvalue weighted by Gasteiger charge is 2.18. The Morgan fingerprint density at radius 1 is 0.912 bits per heavy atom. The van der Waals surface area contributed by atoms with Crippen LogP contribution in [0.3, 0.4) is 0 Å². The van der Waals surface area contributed by atoms with Crippen molar-refractivity contribution in [3.63, 3.8) is 0 Å². The number of nitrogens with zero attached hydrogens (tertiary/aromatic N) is 4. The zero-order valence-corrected chi connectivity index (χ0v) is 19.5. The molecule has 2 heterocycles. The summed E-state index contributed by atoms with van der Waals surface area (Å²) in [5.74, 6) is 0.708. The first-order valence-electron chi connectivity index (χ1n) is 11.5. The van der Waals surface area contributed by atoms with Crippen LogP contribution in [0.15, 0.2) is 72.9 Å². The number of fused-ring (bicyclic) bond motifs is 1. The normalized spacial score (nSPS) is 13.7. The number of aromatic nitrogens is 2. The molecule has 3 aromatic carbocycles. The first-order chi connectivity index (χ1) is 16.6. The van der Waals surface area contributed by atoms with Crippen molar-refractivity contribution < 1.29 is 4.79 Å². The van der Waals surface area contributed by atoms with Crippen molar-refractivity contribution in [2.45, 2.75) is 6.92 Å². The number of hydrogen-bond acceptors (Lipinski definition) is 6. The van der Waals surface area contributed by atoms with Gasteiger partial charge >= 0.3 is 0 Å². The lowest BCUT2D eigenvalue weighted by Gasteiger charge is -2.35. The van der Waals surface area contributed by atoms with E-state index in [1.165, 1.54) is 0 Å². The second-order valence-corrected chi connectivity index (χ2v) is 8.43. The summed E-state index contributed by atoms with van der Waals surface area (Å²) < 4.78 is 0. The van der Waals surface area contributed by atoms with Gasteiger partial charge in [0.25, 0.3) is 0 Å². The Labute approximate surface area is 199 Å². The number of anilines is 4. The third-order valence-electron chi connectivity index (χ3n) is 6.29. The van der Waals surface area contributed by atoms with E-state index in [4.69, 9.17) is 4.98 Å². The molecule has 0 aliphatic carbocycles. The molecule has 172 valence electrons. The van der Waals surface area contributed by atoms with Gasteiger partial charge in [-0.25, -0.2) is 9.97 Å². The van der Waals surface area contributed by atoms with Gasteiger partial charge in [-0.3, -0.25) is 4.79 Å². The van der Waals surface area contributed by atoms with E-state index in [0.29, 0.717) is 5.95 Å². The number of amides is 1. The quantitative estimate of drug-likeness (QED) is 0.455. The van der Waals surface area contributed by atoms with Gasteiger partial charge in [0, 0.05) is 74.4 Å². The second kappa shape index (κ2) is 9.39. The number of rotatable bonds is 5. The summed E-state index contributed by atoms with van der Waals surface area (Å²) in [6.07, 6.45) is 1.86. The summed E-state index contributed by atoms with van der Waals surface area (Å²) >= 11 is 0. The van der Waals surface area contributed by atoms with Crippen LogP contribution in [0.4, 0.5) is 23.0 Å². The standard InChI is InChI=1S/C27H28N6O/c1-19(34)32-13-15-33(16-14-32)24-11-9-22(10-12-24)30-27-29-18-21-6-4-8-25(26(21)31-27)20-5-3-7-23(17-20)28-2/h3-12,17-18,28H,13-16H2,1-2H3,(H,29,30,31). The van der Waals surface area contributed by atoms with Gasteiger partial charge in [0.2, 0.25) is 11.9 Å². The molecular formula is C27H28N6O. The van der Waals surface area contributed by atoms with E-state index in [9.17, 15) is 4.79 Å². The van der Waals surface area contributed by atoms with Crippen molar-refractivity contribution >= 4 is 39.8 Å². The Morgan fingerprint density at radius 2 is 1.68 bits per heavy atom. The molecule has 1 aliphatic rings. The average Bonchev–Trinajstić information content (AvgIpc) is 2.89. The fourth-order valence-corrected chi connectivity index (χ4v) is 4.36. The van der Waals surface area contributed by atoms with Crippen LogP contribution in [0.25, 0.3) is 22.0 Å². The van der Waals surface area contributed by atoms with Gasteiger partial charge in [-0.05, 0) is 42.0 Å². The van der Waals surface area contributed by atoms with E-state index in [1.54, 1.807) is 6.92 Å². The van der Waals surface area contributed by atoms with E-state index >= 15 is 0 Å². The predicted molar refractivity (Wildman–Crippen MR) is 139 cm³/mol. The molecule has 0 unspecified atom stereocenters. The molecule has 1 aromatic heterocycles. The van der Waals surface area contributed by atoms with E-state index in [0.717, 1.165) is 65.3 Å². The molecule has 7 heteroatoms. The minimum Gasteiger partial charge on any atom is -0.388 e. The van der Waals surface area contributed by atoms with Gasteiger partial charge in [-0.1, -0.05) is 30.3 Å². The Bertz CT molecular complexity index is 1310. The summed E-state index contributed by atoms with van der Waals surface area (Å²) in [5, 5.41) is 7.54. The van der Waals surface area contributed by atoms with Crippen molar-refractivity contribution in [1.29, 1.82) is 0 Å². The minimum absolute atomic E-state index is 0.146. The third-order valence-corrected chi connectivity index (χ3v) is 6.29. The first kappa shape index (κ1) is 21.7. The molecule has 1 aliphatic heterocycles. The van der Waals surface area contributed by atoms with Gasteiger partial charge in [0.15, 0.2) is 0 Å². The number of para-hydroxylation sites is 1. The lowest BCUT2D eigenvalue weighted by molar-refractivity contribution is -0.129. The molecule has 2 N–H and O–H groups in total. The summed E-state index contributed by atoms with van der Waals surface area (Å²) in [6.45, 7) is 4.85. The van der Waals surface area contributed by atoms with Crippen LogP contribution in [-0.4, -0.2) is 54.0 Å². The van der Waals surface area contributed by atoms with Crippen LogP contribution in [0.2, 0.25) is 0 Å². The zero-order chi connectivity index (χ0) is 23.5. The molecule has 34 heavy (non-hydrogen) atoms. The van der Waals surface area contributed by atoms with Crippen LogP contribution in [0.5, 0.6) is 0 Å². The summed E-state index contributed by atoms with van der Waals surface area (Å²) in [6, 6.07) is 22.8. The molecule has 1 fully saturated rings. The SMILES string of the molecule is CNc1cccc(-c2cccc3cnc(Nc4ccc(N5CCN(C(C)=O)CC5)cc4)nc23)c1. The van der Waals surface area contributed by atoms with E-state index in [2.05, 4.69) is 50.8 Å². The van der Waals surface area contributed by atoms with Gasteiger partial charge in [-0.2, -0.15) is 0 Å². The van der Waals surface area contributed by atoms with E-state index < -0.39 is 0 Å². The molecular weight excluding hydrogens is 424 g/mol. The molecule has 0 radical (unpaired) electrons. The predicted octanol–water partition coefficient (Wildman–Crippen LogP) is 4.75. The fraction of sp³-hybridized carbons (Fsp3) is 0.222. The van der Waals surface area contributed by atoms with Crippen molar-refractivity contribution in [3.05, 3.63) is 72.9 Å². The Morgan fingerprint density at radius 3 is 2.41 bits per heavy atom. The highest BCUT2D eigenvalue weighted by molar-refractivity contribution is 5.94. The highest BCUT2D eigenvalue weighted by Crippen LogP contribution is 2.30. The first-order valence-corrected chi connectivity index (χ1v) is 11.5. The maximum Gasteiger partial charge on any atom is 0.227 e. The monoisotopic (exact) mass is 452 g/mol. The van der Waals surface area contributed by atoms with Crippen molar-refractivity contribution in [1.82, 2.24) is 14.9 Å². The van der Waals surface area contributed by atoms with Gasteiger partial charge < -0.3 is 20.4 Å². The summed E-state index contributed by atoms with van der Waals surface area (Å²) in [4.78, 5) is 25.1. The van der Waals surface area contributed by atoms with Gasteiger partial charge in [-0.15, -0.1) is 0 Å². The highest BCUT2D eigenvalue weighted by atomic mass is 16.2. The van der Waals surface area contributed by atoms with E-state index in [-0.39, 0.29) is 5.91 Å². The lowest BCUT2D eigenvalue weighted by Crippen LogP contribution is -2.48. The summed E-state index contributed by atoms with van der Waals surface area (Å²) in [5.41, 5.74) is 6.23. The Balaban J connectivity index is 1.35. The number of benzene rings is 3. The molecule has 5 rings (SSSR count). The van der Waals surface area contributed by atoms with Crippen LogP contribution in [0, 0.1) is 0 Å². The molecule has 1 amide bonds. The Hall–Kier alpha value is -4.13. The van der Waals surface area contributed by atoms with Gasteiger partial charge in [0.05, 0.1) is 5.52 Å². The number of carbonyl (C=O) groups excluding carboxylic acids is 1. The zero-order valence-electron chi connectivity index (χ0n) is 19.5. The van der Waals surface area contributed by atoms with E-state index in [1.807, 2.05) is 54.5 Å². The number of nitrogens with one attached hydrogen (secondary N) is 2. The molecule has 4 aromatic rings. The summed E-state index contributed by atoms with van der Waals surface area (Å²) in [7, 11) is 1.92. The molecule has 0 bridgehead atoms. The van der Waals surface area contributed by atoms with Crippen LogP contribution in [-0.2, 0) is 4.79 Å². The molecule has 0 saturated carbocycles. The minimum atomic E-state index is 0.146. The van der Waals surface area contributed by atoms with Crippen LogP contribution in [0.1, 0.15) is 6.92 Å². The molecule has 0 spiro atoms. The number of piperazine rings is 1. The van der Waals surface area contributed by atoms with Crippen LogP contribution >= 0.6 is 0 Å². The lowest BCUT2D eigenvalue weighted by atomic mass is 10.0.